The third-order valence-electron chi connectivity index (χ3n) is 6.61. The molecule has 1 aliphatic rings. The number of carbonyl (C=O) groups is 2. The van der Waals surface area contributed by atoms with Crippen LogP contribution in [-0.2, 0) is 4.79 Å². The first-order valence-corrected chi connectivity index (χ1v) is 13.7. The van der Waals surface area contributed by atoms with Gasteiger partial charge >= 0.3 is 0 Å². The smallest absolute Gasteiger partial charge is 0.253 e. The highest BCUT2D eigenvalue weighted by Crippen LogP contribution is 2.45. The maximum atomic E-state index is 14.2. The minimum atomic E-state index is -1.03. The van der Waals surface area contributed by atoms with E-state index in [4.69, 9.17) is 10.8 Å². The molecule has 0 radical (unpaired) electrons. The zero-order valence-electron chi connectivity index (χ0n) is 20.7. The Hall–Kier alpha value is -3.30. The van der Waals surface area contributed by atoms with Crippen molar-refractivity contribution in [2.75, 3.05) is 13.1 Å². The van der Waals surface area contributed by atoms with Crippen LogP contribution in [-0.4, -0.2) is 40.5 Å². The van der Waals surface area contributed by atoms with Crippen molar-refractivity contribution in [3.05, 3.63) is 82.5 Å². The van der Waals surface area contributed by atoms with Crippen molar-refractivity contribution in [3.8, 4) is 10.4 Å². The molecular weight excluding hydrogens is 507 g/mol. The maximum absolute atomic E-state index is 14.2. The van der Waals surface area contributed by atoms with Gasteiger partial charge < -0.3 is 15.6 Å². The zero-order valence-corrected chi connectivity index (χ0v) is 22.3. The predicted octanol–water partition coefficient (Wildman–Crippen LogP) is 6.34. The van der Waals surface area contributed by atoms with Gasteiger partial charge in [0.15, 0.2) is 5.17 Å². The Kier molecular flexibility index (Phi) is 8.24. The van der Waals surface area contributed by atoms with E-state index in [2.05, 4.69) is 5.32 Å². The van der Waals surface area contributed by atoms with Gasteiger partial charge in [0.1, 0.15) is 5.82 Å². The fourth-order valence-corrected chi connectivity index (χ4v) is 6.25. The van der Waals surface area contributed by atoms with Crippen LogP contribution in [0.5, 0.6) is 0 Å². The molecule has 2 aromatic carbocycles. The topological polar surface area (TPSA) is 97.1 Å². The van der Waals surface area contributed by atoms with E-state index in [1.807, 2.05) is 41.3 Å². The normalized spacial score (nSPS) is 14.3. The third-order valence-corrected chi connectivity index (χ3v) is 8.27. The molecule has 1 fully saturated rings. The minimum absolute atomic E-state index is 0.0570. The summed E-state index contributed by atoms with van der Waals surface area (Å²) in [5.41, 5.74) is 2.24. The van der Waals surface area contributed by atoms with Gasteiger partial charge in [0.05, 0.1) is 11.0 Å². The second-order valence-corrected chi connectivity index (χ2v) is 11.5. The standard InChI is InChI=1S/C28H29FN4O2S2/c1-28(2,26(35)32-27(31)36-17-30)24(20-6-5-7-21(29)16-20)23-13-12-22(37-23)18-8-10-19(11-9-18)25(34)33-14-3-4-15-33/h5-13,16-17,24,30H,3-4,14-15H2,1-2H3,(H2,31,32,35). The molecule has 192 valence electrons. The van der Waals surface area contributed by atoms with Crippen molar-refractivity contribution in [1.82, 2.24) is 10.2 Å². The third kappa shape index (κ3) is 5.99. The lowest BCUT2D eigenvalue weighted by Gasteiger charge is -2.33. The van der Waals surface area contributed by atoms with E-state index in [0.717, 1.165) is 58.6 Å². The van der Waals surface area contributed by atoms with Gasteiger partial charge in [0.2, 0.25) is 5.91 Å². The molecule has 1 aliphatic heterocycles. The summed E-state index contributed by atoms with van der Waals surface area (Å²) in [5, 5.41) is 17.5. The van der Waals surface area contributed by atoms with Gasteiger partial charge in [-0.1, -0.05) is 38.1 Å². The lowest BCUT2D eigenvalue weighted by Crippen LogP contribution is -2.43. The van der Waals surface area contributed by atoms with Crippen LogP contribution in [0, 0.1) is 22.1 Å². The molecule has 37 heavy (non-hydrogen) atoms. The molecule has 0 saturated carbocycles. The fourth-order valence-electron chi connectivity index (χ4n) is 4.65. The van der Waals surface area contributed by atoms with Crippen LogP contribution >= 0.6 is 23.1 Å². The maximum Gasteiger partial charge on any atom is 0.253 e. The number of amides is 2. The quantitative estimate of drug-likeness (QED) is 0.243. The van der Waals surface area contributed by atoms with Gasteiger partial charge in [-0.3, -0.25) is 15.0 Å². The number of amidine groups is 1. The first-order valence-electron chi connectivity index (χ1n) is 12.0. The Morgan fingerprint density at radius 2 is 1.81 bits per heavy atom. The van der Waals surface area contributed by atoms with Crippen LogP contribution in [0.15, 0.2) is 60.7 Å². The van der Waals surface area contributed by atoms with E-state index in [9.17, 15) is 14.0 Å². The van der Waals surface area contributed by atoms with Crippen molar-refractivity contribution in [3.63, 3.8) is 0 Å². The Morgan fingerprint density at radius 3 is 2.46 bits per heavy atom. The summed E-state index contributed by atoms with van der Waals surface area (Å²) < 4.78 is 14.2. The SMILES string of the molecule is CC(C)(C(=O)NC(=N)SC=N)C(c1cccc(F)c1)c1ccc(-c2ccc(C(=O)N3CCCC3)cc2)s1. The van der Waals surface area contributed by atoms with Gasteiger partial charge in [-0.05, 0) is 72.1 Å². The van der Waals surface area contributed by atoms with Crippen molar-refractivity contribution in [1.29, 1.82) is 10.8 Å². The Balaban J connectivity index is 1.64. The van der Waals surface area contributed by atoms with E-state index in [1.165, 1.54) is 23.5 Å². The molecule has 2 heterocycles. The number of nitrogens with one attached hydrogen (secondary N) is 3. The van der Waals surface area contributed by atoms with Gasteiger partial charge in [-0.2, -0.15) is 0 Å². The fraction of sp³-hybridized carbons (Fsp3) is 0.286. The van der Waals surface area contributed by atoms with Gasteiger partial charge in [-0.25, -0.2) is 4.39 Å². The summed E-state index contributed by atoms with van der Waals surface area (Å²) in [5.74, 6) is -1.20. The minimum Gasteiger partial charge on any atom is -0.339 e. The molecule has 1 unspecified atom stereocenters. The molecule has 1 saturated heterocycles. The number of rotatable bonds is 7. The summed E-state index contributed by atoms with van der Waals surface area (Å²) in [4.78, 5) is 29.7. The zero-order chi connectivity index (χ0) is 26.6. The van der Waals surface area contributed by atoms with E-state index in [1.54, 1.807) is 26.0 Å². The molecule has 9 heteroatoms. The number of hydrogen-bond donors (Lipinski definition) is 3. The summed E-state index contributed by atoms with van der Waals surface area (Å²) in [7, 11) is 0. The molecule has 0 aliphatic carbocycles. The molecule has 0 spiro atoms. The van der Waals surface area contributed by atoms with Gasteiger partial charge in [0, 0.05) is 34.3 Å². The van der Waals surface area contributed by atoms with Crippen LogP contribution in [0.2, 0.25) is 0 Å². The monoisotopic (exact) mass is 536 g/mol. The number of nitrogens with zero attached hydrogens (tertiary/aromatic N) is 1. The molecular formula is C28H29FN4O2S2. The van der Waals surface area contributed by atoms with Crippen molar-refractivity contribution in [2.24, 2.45) is 5.41 Å². The molecule has 3 aromatic rings. The van der Waals surface area contributed by atoms with Gasteiger partial charge in [-0.15, -0.1) is 11.3 Å². The number of likely N-dealkylation sites (tertiary alicyclic amines) is 1. The average molecular weight is 537 g/mol. The summed E-state index contributed by atoms with van der Waals surface area (Å²) in [6.45, 7) is 5.16. The van der Waals surface area contributed by atoms with Crippen molar-refractivity contribution >= 4 is 45.6 Å². The first kappa shape index (κ1) is 26.8. The Morgan fingerprint density at radius 1 is 1.11 bits per heavy atom. The lowest BCUT2D eigenvalue weighted by molar-refractivity contribution is -0.128. The highest BCUT2D eigenvalue weighted by Gasteiger charge is 2.40. The average Bonchev–Trinajstić information content (AvgIpc) is 3.57. The molecule has 1 atom stereocenters. The van der Waals surface area contributed by atoms with Crippen molar-refractivity contribution < 1.29 is 14.0 Å². The van der Waals surface area contributed by atoms with Crippen LogP contribution in [0.4, 0.5) is 4.39 Å². The molecule has 2 amide bonds. The first-order chi connectivity index (χ1) is 17.7. The summed E-state index contributed by atoms with van der Waals surface area (Å²) >= 11 is 2.32. The van der Waals surface area contributed by atoms with Crippen molar-refractivity contribution in [2.45, 2.75) is 32.6 Å². The largest absolute Gasteiger partial charge is 0.339 e. The number of halogens is 1. The molecule has 0 bridgehead atoms. The number of carbonyl (C=O) groups excluding carboxylic acids is 2. The Bertz CT molecular complexity index is 1310. The number of benzene rings is 2. The van der Waals surface area contributed by atoms with E-state index < -0.39 is 11.3 Å². The second kappa shape index (κ2) is 11.4. The van der Waals surface area contributed by atoms with E-state index >= 15 is 0 Å². The summed E-state index contributed by atoms with van der Waals surface area (Å²) in [6.07, 6.45) is 2.09. The lowest BCUT2D eigenvalue weighted by atomic mass is 9.73. The highest BCUT2D eigenvalue weighted by molar-refractivity contribution is 8.24. The van der Waals surface area contributed by atoms with E-state index in [0.29, 0.717) is 11.1 Å². The predicted molar refractivity (Wildman–Crippen MR) is 149 cm³/mol. The van der Waals surface area contributed by atoms with Crippen LogP contribution in [0.1, 0.15) is 53.4 Å². The Labute approximate surface area is 224 Å². The summed E-state index contributed by atoms with van der Waals surface area (Å²) in [6, 6.07) is 17.7. The number of hydrogen-bond acceptors (Lipinski definition) is 6. The van der Waals surface area contributed by atoms with Crippen LogP contribution in [0.3, 0.4) is 0 Å². The molecule has 3 N–H and O–H groups in total. The number of thioether (sulfide) groups is 1. The molecule has 1 aromatic heterocycles. The van der Waals surface area contributed by atoms with Gasteiger partial charge in [0.25, 0.3) is 5.91 Å². The number of thiophene rings is 1. The highest BCUT2D eigenvalue weighted by atomic mass is 32.2. The van der Waals surface area contributed by atoms with E-state index in [-0.39, 0.29) is 22.8 Å². The van der Waals surface area contributed by atoms with Crippen LogP contribution in [0.25, 0.3) is 10.4 Å². The van der Waals surface area contributed by atoms with Crippen LogP contribution < -0.4 is 5.32 Å². The molecule has 4 rings (SSSR count). The molecule has 6 nitrogen and oxygen atoms in total. The second-order valence-electron chi connectivity index (χ2n) is 9.51.